The number of carbonyl (C=O) groups excluding carboxylic acids is 1. The summed E-state index contributed by atoms with van der Waals surface area (Å²) in [5, 5.41) is 0.411. The Morgan fingerprint density at radius 2 is 2.05 bits per heavy atom. The number of nitrogens with two attached hydrogens (primary N) is 1. The maximum atomic E-state index is 11.9. The highest BCUT2D eigenvalue weighted by atomic mass is 35.5. The van der Waals surface area contributed by atoms with Gasteiger partial charge in [0, 0.05) is 0 Å². The van der Waals surface area contributed by atoms with E-state index in [0.29, 0.717) is 22.0 Å². The van der Waals surface area contributed by atoms with Crippen molar-refractivity contribution in [3.05, 3.63) is 58.6 Å². The maximum Gasteiger partial charge on any atom is 0.338 e. The third-order valence-corrected chi connectivity index (χ3v) is 3.08. The lowest BCUT2D eigenvalue weighted by Crippen LogP contribution is -2.06. The maximum absolute atomic E-state index is 11.9. The van der Waals surface area contributed by atoms with Gasteiger partial charge in [0.1, 0.15) is 12.4 Å². The van der Waals surface area contributed by atoms with Crippen LogP contribution in [0.25, 0.3) is 0 Å². The van der Waals surface area contributed by atoms with E-state index in [4.69, 9.17) is 26.8 Å². The zero-order chi connectivity index (χ0) is 14.5. The molecule has 5 heteroatoms. The molecule has 104 valence electrons. The zero-order valence-corrected chi connectivity index (χ0v) is 11.7. The van der Waals surface area contributed by atoms with E-state index in [-0.39, 0.29) is 6.61 Å². The number of benzene rings is 2. The number of anilines is 1. The molecule has 0 heterocycles. The first-order valence-corrected chi connectivity index (χ1v) is 6.33. The van der Waals surface area contributed by atoms with Crippen LogP contribution in [0, 0.1) is 0 Å². The second-order valence-electron chi connectivity index (χ2n) is 4.16. The average Bonchev–Trinajstić information content (AvgIpc) is 2.47. The molecule has 0 saturated carbocycles. The minimum Gasteiger partial charge on any atom is -0.497 e. The average molecular weight is 292 g/mol. The van der Waals surface area contributed by atoms with Gasteiger partial charge in [0.25, 0.3) is 0 Å². The number of nitrogen functional groups attached to an aromatic ring is 1. The molecule has 20 heavy (non-hydrogen) atoms. The van der Waals surface area contributed by atoms with Gasteiger partial charge in [-0.1, -0.05) is 23.7 Å². The van der Waals surface area contributed by atoms with Gasteiger partial charge in [-0.15, -0.1) is 0 Å². The number of halogens is 1. The highest BCUT2D eigenvalue weighted by Gasteiger charge is 2.09. The Morgan fingerprint density at radius 1 is 1.25 bits per heavy atom. The van der Waals surface area contributed by atoms with Crippen molar-refractivity contribution in [3.8, 4) is 5.75 Å². The Bertz CT molecular complexity index is 628. The molecular formula is C15H14ClNO3. The molecule has 0 atom stereocenters. The number of methoxy groups -OCH3 is 1. The first kappa shape index (κ1) is 14.2. The molecule has 0 aliphatic heterocycles. The topological polar surface area (TPSA) is 61.5 Å². The SMILES string of the molecule is COc1cccc(COC(=O)c2ccc(Cl)c(N)c2)c1. The Kier molecular flexibility index (Phi) is 4.48. The van der Waals surface area contributed by atoms with Crippen LogP contribution in [0.2, 0.25) is 5.02 Å². The smallest absolute Gasteiger partial charge is 0.338 e. The molecule has 2 rings (SSSR count). The van der Waals surface area contributed by atoms with Crippen molar-refractivity contribution in [3.63, 3.8) is 0 Å². The minimum atomic E-state index is -0.448. The van der Waals surface area contributed by atoms with Crippen molar-refractivity contribution >= 4 is 23.3 Å². The van der Waals surface area contributed by atoms with Crippen LogP contribution in [-0.4, -0.2) is 13.1 Å². The highest BCUT2D eigenvalue weighted by molar-refractivity contribution is 6.33. The number of ether oxygens (including phenoxy) is 2. The highest BCUT2D eigenvalue weighted by Crippen LogP contribution is 2.20. The molecule has 0 bridgehead atoms. The van der Waals surface area contributed by atoms with Gasteiger partial charge in [0.15, 0.2) is 0 Å². The van der Waals surface area contributed by atoms with Crippen molar-refractivity contribution in [2.75, 3.05) is 12.8 Å². The quantitative estimate of drug-likeness (QED) is 0.693. The Labute approximate surface area is 122 Å². The third-order valence-electron chi connectivity index (χ3n) is 2.74. The molecule has 0 fully saturated rings. The predicted octanol–water partition coefficient (Wildman–Crippen LogP) is 3.29. The van der Waals surface area contributed by atoms with Gasteiger partial charge in [-0.05, 0) is 35.9 Å². The van der Waals surface area contributed by atoms with Crippen LogP contribution >= 0.6 is 11.6 Å². The summed E-state index contributed by atoms with van der Waals surface area (Å²) in [7, 11) is 1.58. The van der Waals surface area contributed by atoms with Crippen LogP contribution in [0.1, 0.15) is 15.9 Å². The molecule has 2 aromatic rings. The molecule has 0 amide bonds. The molecule has 0 aliphatic rings. The number of carbonyl (C=O) groups is 1. The van der Waals surface area contributed by atoms with E-state index < -0.39 is 5.97 Å². The van der Waals surface area contributed by atoms with Gasteiger partial charge in [-0.3, -0.25) is 0 Å². The van der Waals surface area contributed by atoms with Crippen molar-refractivity contribution in [1.29, 1.82) is 0 Å². The Hall–Kier alpha value is -2.20. The van der Waals surface area contributed by atoms with Crippen molar-refractivity contribution in [2.45, 2.75) is 6.61 Å². The van der Waals surface area contributed by atoms with Crippen LogP contribution < -0.4 is 10.5 Å². The molecule has 2 aromatic carbocycles. The van der Waals surface area contributed by atoms with E-state index in [1.54, 1.807) is 19.2 Å². The largest absolute Gasteiger partial charge is 0.497 e. The number of hydrogen-bond donors (Lipinski definition) is 1. The van der Waals surface area contributed by atoms with Crippen LogP contribution in [0.5, 0.6) is 5.75 Å². The molecular weight excluding hydrogens is 278 g/mol. The first-order valence-electron chi connectivity index (χ1n) is 5.95. The summed E-state index contributed by atoms with van der Waals surface area (Å²) in [4.78, 5) is 11.9. The van der Waals surface area contributed by atoms with E-state index in [9.17, 15) is 4.79 Å². The molecule has 0 unspecified atom stereocenters. The second-order valence-corrected chi connectivity index (χ2v) is 4.57. The van der Waals surface area contributed by atoms with Crippen LogP contribution in [-0.2, 0) is 11.3 Å². The summed E-state index contributed by atoms with van der Waals surface area (Å²) in [5.41, 5.74) is 7.21. The lowest BCUT2D eigenvalue weighted by Gasteiger charge is -2.07. The fraction of sp³-hybridized carbons (Fsp3) is 0.133. The minimum absolute atomic E-state index is 0.165. The summed E-state index contributed by atoms with van der Waals surface area (Å²) < 4.78 is 10.3. The van der Waals surface area contributed by atoms with Crippen LogP contribution in [0.4, 0.5) is 5.69 Å². The van der Waals surface area contributed by atoms with Gasteiger partial charge in [0.2, 0.25) is 0 Å². The van der Waals surface area contributed by atoms with Gasteiger partial charge < -0.3 is 15.2 Å². The summed E-state index contributed by atoms with van der Waals surface area (Å²) in [6.45, 7) is 0.165. The van der Waals surface area contributed by atoms with E-state index in [0.717, 1.165) is 5.56 Å². The molecule has 0 aliphatic carbocycles. The summed E-state index contributed by atoms with van der Waals surface area (Å²) in [6.07, 6.45) is 0. The van der Waals surface area contributed by atoms with E-state index >= 15 is 0 Å². The van der Waals surface area contributed by atoms with E-state index in [1.807, 2.05) is 24.3 Å². The van der Waals surface area contributed by atoms with Gasteiger partial charge in [0.05, 0.1) is 23.4 Å². The lowest BCUT2D eigenvalue weighted by atomic mass is 10.2. The normalized spacial score (nSPS) is 10.1. The Balaban J connectivity index is 2.02. The van der Waals surface area contributed by atoms with Crippen molar-refractivity contribution in [2.24, 2.45) is 0 Å². The van der Waals surface area contributed by atoms with Crippen LogP contribution in [0.15, 0.2) is 42.5 Å². The van der Waals surface area contributed by atoms with Crippen molar-refractivity contribution < 1.29 is 14.3 Å². The summed E-state index contributed by atoms with van der Waals surface area (Å²) >= 11 is 5.80. The molecule has 2 N–H and O–H groups in total. The molecule has 0 spiro atoms. The standard InChI is InChI=1S/C15H14ClNO3/c1-19-12-4-2-3-10(7-12)9-20-15(18)11-5-6-13(16)14(17)8-11/h2-8H,9,17H2,1H3. The van der Waals surface area contributed by atoms with E-state index in [2.05, 4.69) is 0 Å². The number of rotatable bonds is 4. The zero-order valence-electron chi connectivity index (χ0n) is 10.9. The van der Waals surface area contributed by atoms with Gasteiger partial charge in [-0.2, -0.15) is 0 Å². The fourth-order valence-corrected chi connectivity index (χ4v) is 1.78. The number of esters is 1. The molecule has 4 nitrogen and oxygen atoms in total. The Morgan fingerprint density at radius 3 is 2.75 bits per heavy atom. The monoisotopic (exact) mass is 291 g/mol. The first-order chi connectivity index (χ1) is 9.60. The summed E-state index contributed by atoms with van der Waals surface area (Å²) in [6, 6.07) is 12.0. The molecule has 0 aromatic heterocycles. The fourth-order valence-electron chi connectivity index (χ4n) is 1.67. The predicted molar refractivity (Wildman–Crippen MR) is 78.0 cm³/mol. The second kappa shape index (κ2) is 6.30. The van der Waals surface area contributed by atoms with Crippen molar-refractivity contribution in [1.82, 2.24) is 0 Å². The molecule has 0 radical (unpaired) electrons. The number of hydrogen-bond acceptors (Lipinski definition) is 4. The third kappa shape index (κ3) is 3.42. The lowest BCUT2D eigenvalue weighted by molar-refractivity contribution is 0.0472. The van der Waals surface area contributed by atoms with E-state index in [1.165, 1.54) is 6.07 Å². The van der Waals surface area contributed by atoms with Gasteiger partial charge >= 0.3 is 5.97 Å². The van der Waals surface area contributed by atoms with Gasteiger partial charge in [-0.25, -0.2) is 4.79 Å². The summed E-state index contributed by atoms with van der Waals surface area (Å²) in [5.74, 6) is 0.269. The van der Waals surface area contributed by atoms with Crippen LogP contribution in [0.3, 0.4) is 0 Å². The molecule has 0 saturated heterocycles.